The summed E-state index contributed by atoms with van der Waals surface area (Å²) < 4.78 is 18.7. The van der Waals surface area contributed by atoms with Crippen molar-refractivity contribution < 1.29 is 14.1 Å². The van der Waals surface area contributed by atoms with Crippen LogP contribution in [0.2, 0.25) is 0 Å². The van der Waals surface area contributed by atoms with Gasteiger partial charge in [-0.25, -0.2) is 4.39 Å². The van der Waals surface area contributed by atoms with Crippen molar-refractivity contribution in [2.75, 3.05) is 0 Å². The van der Waals surface area contributed by atoms with Crippen molar-refractivity contribution in [3.63, 3.8) is 0 Å². The molecule has 2 aromatic rings. The summed E-state index contributed by atoms with van der Waals surface area (Å²) >= 11 is 5.66. The fourth-order valence-electron chi connectivity index (χ4n) is 1.86. The first-order valence-corrected chi connectivity index (χ1v) is 6.76. The molecule has 110 valence electrons. The summed E-state index contributed by atoms with van der Waals surface area (Å²) in [6.45, 7) is 1.88. The summed E-state index contributed by atoms with van der Waals surface area (Å²) in [5.41, 5.74) is 1.99. The van der Waals surface area contributed by atoms with E-state index in [4.69, 9.17) is 16.3 Å². The highest BCUT2D eigenvalue weighted by Gasteiger charge is 2.16. The van der Waals surface area contributed by atoms with Gasteiger partial charge in [0, 0.05) is 11.9 Å². The number of nitro benzene ring substituents is 1. The van der Waals surface area contributed by atoms with E-state index in [-0.39, 0.29) is 29.7 Å². The third kappa shape index (κ3) is 3.70. The van der Waals surface area contributed by atoms with Crippen LogP contribution in [0.3, 0.4) is 0 Å². The number of alkyl halides is 1. The first kappa shape index (κ1) is 15.3. The maximum absolute atomic E-state index is 13.2. The summed E-state index contributed by atoms with van der Waals surface area (Å²) in [5, 5.41) is 11.0. The number of aryl methyl sites for hydroxylation is 1. The summed E-state index contributed by atoms with van der Waals surface area (Å²) in [7, 11) is 0. The molecule has 0 aromatic heterocycles. The minimum Gasteiger partial charge on any atom is -0.482 e. The van der Waals surface area contributed by atoms with Crippen molar-refractivity contribution in [2.45, 2.75) is 19.4 Å². The number of hydrogen-bond acceptors (Lipinski definition) is 3. The lowest BCUT2D eigenvalue weighted by Gasteiger charge is -2.10. The zero-order valence-corrected chi connectivity index (χ0v) is 12.1. The van der Waals surface area contributed by atoms with Crippen molar-refractivity contribution in [1.82, 2.24) is 0 Å². The molecular weight excluding hydrogens is 297 g/mol. The van der Waals surface area contributed by atoms with E-state index < -0.39 is 4.92 Å². The van der Waals surface area contributed by atoms with Crippen molar-refractivity contribution in [3.05, 3.63) is 69.0 Å². The number of nitrogens with zero attached hydrogens (tertiary/aromatic N) is 1. The Morgan fingerprint density at radius 2 is 2.05 bits per heavy atom. The molecule has 0 unspecified atom stereocenters. The molecule has 0 heterocycles. The molecule has 21 heavy (non-hydrogen) atoms. The lowest BCUT2D eigenvalue weighted by molar-refractivity contribution is -0.386. The number of halogens is 2. The van der Waals surface area contributed by atoms with Crippen molar-refractivity contribution >= 4 is 17.3 Å². The van der Waals surface area contributed by atoms with Gasteiger partial charge in [0.2, 0.25) is 0 Å². The monoisotopic (exact) mass is 309 g/mol. The second-order valence-corrected chi connectivity index (χ2v) is 4.82. The predicted molar refractivity (Wildman–Crippen MR) is 78.1 cm³/mol. The second kappa shape index (κ2) is 6.54. The van der Waals surface area contributed by atoms with Crippen LogP contribution in [0.4, 0.5) is 10.1 Å². The molecule has 0 bridgehead atoms. The Balaban J connectivity index is 2.23. The topological polar surface area (TPSA) is 52.4 Å². The number of ether oxygens (including phenoxy) is 1. The predicted octanol–water partition coefficient (Wildman–Crippen LogP) is 4.36. The Morgan fingerprint density at radius 3 is 2.71 bits per heavy atom. The molecule has 0 saturated carbocycles. The summed E-state index contributed by atoms with van der Waals surface area (Å²) in [5.74, 6) is -0.0480. The molecule has 0 spiro atoms. The van der Waals surface area contributed by atoms with E-state index in [0.717, 1.165) is 5.56 Å². The summed E-state index contributed by atoms with van der Waals surface area (Å²) in [6.07, 6.45) is 0. The third-order valence-electron chi connectivity index (χ3n) is 3.07. The fraction of sp³-hybridized carbons (Fsp3) is 0.200. The minimum absolute atomic E-state index is 0.0602. The van der Waals surface area contributed by atoms with Crippen molar-refractivity contribution in [1.29, 1.82) is 0 Å². The van der Waals surface area contributed by atoms with Gasteiger partial charge >= 0.3 is 5.69 Å². The Labute approximate surface area is 126 Å². The number of benzene rings is 2. The zero-order chi connectivity index (χ0) is 15.4. The van der Waals surface area contributed by atoms with Crippen LogP contribution in [0, 0.1) is 22.9 Å². The van der Waals surface area contributed by atoms with Crippen LogP contribution < -0.4 is 4.74 Å². The molecular formula is C15H13ClFNO3. The molecule has 2 rings (SSSR count). The molecule has 0 radical (unpaired) electrons. The van der Waals surface area contributed by atoms with Crippen LogP contribution in [0.25, 0.3) is 0 Å². The van der Waals surface area contributed by atoms with E-state index in [1.165, 1.54) is 24.3 Å². The Morgan fingerprint density at radius 1 is 1.29 bits per heavy atom. The number of hydrogen-bond donors (Lipinski definition) is 0. The Kier molecular flexibility index (Phi) is 4.75. The quantitative estimate of drug-likeness (QED) is 0.468. The van der Waals surface area contributed by atoms with Gasteiger partial charge in [-0.15, -0.1) is 11.6 Å². The second-order valence-electron chi connectivity index (χ2n) is 4.55. The normalized spacial score (nSPS) is 10.4. The standard InChI is InChI=1S/C15H13ClFNO3/c1-10-2-4-13(17)7-12(10)9-21-15-5-3-11(8-16)6-14(15)18(19)20/h2-7H,8-9H2,1H3. The number of rotatable bonds is 5. The smallest absolute Gasteiger partial charge is 0.311 e. The molecule has 0 amide bonds. The summed E-state index contributed by atoms with van der Waals surface area (Å²) in [6, 6.07) is 8.89. The van der Waals surface area contributed by atoms with Crippen molar-refractivity contribution in [2.24, 2.45) is 0 Å². The average Bonchev–Trinajstić information content (AvgIpc) is 2.48. The lowest BCUT2D eigenvalue weighted by Crippen LogP contribution is -2.01. The van der Waals surface area contributed by atoms with Gasteiger partial charge in [-0.3, -0.25) is 10.1 Å². The molecule has 6 heteroatoms. The van der Waals surface area contributed by atoms with Gasteiger partial charge in [0.15, 0.2) is 5.75 Å². The molecule has 0 saturated heterocycles. The van der Waals surface area contributed by atoms with Gasteiger partial charge in [-0.2, -0.15) is 0 Å². The molecule has 0 aliphatic carbocycles. The van der Waals surface area contributed by atoms with Gasteiger partial charge in [0.1, 0.15) is 12.4 Å². The third-order valence-corrected chi connectivity index (χ3v) is 3.38. The lowest BCUT2D eigenvalue weighted by atomic mass is 10.1. The Hall–Kier alpha value is -2.14. The maximum Gasteiger partial charge on any atom is 0.311 e. The highest BCUT2D eigenvalue weighted by Crippen LogP contribution is 2.29. The van der Waals surface area contributed by atoms with Gasteiger partial charge in [0.05, 0.1) is 4.92 Å². The molecule has 0 N–H and O–H groups in total. The van der Waals surface area contributed by atoms with Crippen LogP contribution in [0.5, 0.6) is 5.75 Å². The van der Waals surface area contributed by atoms with Gasteiger partial charge in [0.25, 0.3) is 0 Å². The van der Waals surface area contributed by atoms with E-state index in [2.05, 4.69) is 0 Å². The largest absolute Gasteiger partial charge is 0.482 e. The van der Waals surface area contributed by atoms with Crippen LogP contribution in [0.1, 0.15) is 16.7 Å². The maximum atomic E-state index is 13.2. The highest BCUT2D eigenvalue weighted by atomic mass is 35.5. The molecule has 0 aliphatic heterocycles. The van der Waals surface area contributed by atoms with E-state index in [1.54, 1.807) is 12.1 Å². The van der Waals surface area contributed by atoms with Gasteiger partial charge < -0.3 is 4.74 Å². The molecule has 4 nitrogen and oxygen atoms in total. The first-order chi connectivity index (χ1) is 10.0. The molecule has 0 fully saturated rings. The molecule has 0 aliphatic rings. The zero-order valence-electron chi connectivity index (χ0n) is 11.3. The summed E-state index contributed by atoms with van der Waals surface area (Å²) in [4.78, 5) is 10.5. The SMILES string of the molecule is Cc1ccc(F)cc1COc1ccc(CCl)cc1[N+](=O)[O-]. The average molecular weight is 310 g/mol. The first-order valence-electron chi connectivity index (χ1n) is 6.22. The van der Waals surface area contributed by atoms with E-state index in [1.807, 2.05) is 6.92 Å². The van der Waals surface area contributed by atoms with E-state index >= 15 is 0 Å². The van der Waals surface area contributed by atoms with E-state index in [0.29, 0.717) is 11.1 Å². The molecule has 0 atom stereocenters. The highest BCUT2D eigenvalue weighted by molar-refractivity contribution is 6.17. The fourth-order valence-corrected chi connectivity index (χ4v) is 2.03. The van der Waals surface area contributed by atoms with E-state index in [9.17, 15) is 14.5 Å². The molecule has 2 aromatic carbocycles. The van der Waals surface area contributed by atoms with Crippen LogP contribution >= 0.6 is 11.6 Å². The van der Waals surface area contributed by atoms with Crippen LogP contribution in [-0.2, 0) is 12.5 Å². The number of nitro groups is 1. The Bertz CT molecular complexity index is 676. The van der Waals surface area contributed by atoms with Gasteiger partial charge in [-0.05, 0) is 41.8 Å². The van der Waals surface area contributed by atoms with Crippen molar-refractivity contribution in [3.8, 4) is 5.75 Å². The minimum atomic E-state index is -0.524. The van der Waals surface area contributed by atoms with Gasteiger partial charge in [-0.1, -0.05) is 12.1 Å². The van der Waals surface area contributed by atoms with Crippen LogP contribution in [-0.4, -0.2) is 4.92 Å². The van der Waals surface area contributed by atoms with Crippen LogP contribution in [0.15, 0.2) is 36.4 Å².